The number of hydrogen-bond donors (Lipinski definition) is 2. The van der Waals surface area contributed by atoms with Crippen molar-refractivity contribution in [1.29, 1.82) is 0 Å². The van der Waals surface area contributed by atoms with E-state index in [1.165, 1.54) is 16.2 Å². The second kappa shape index (κ2) is 13.7. The largest absolute Gasteiger partial charge is 0.314 e. The third-order valence-electron chi connectivity index (χ3n) is 8.87. The number of benzene rings is 4. The van der Waals surface area contributed by atoms with Gasteiger partial charge in [-0.3, -0.25) is 10.0 Å². The van der Waals surface area contributed by atoms with Gasteiger partial charge in [-0.2, -0.15) is 5.06 Å². The van der Waals surface area contributed by atoms with Crippen LogP contribution in [0.25, 0.3) is 0 Å². The van der Waals surface area contributed by atoms with E-state index in [9.17, 15) is 15.2 Å². The number of nitrogens with zero attached hydrogens (tertiary/aromatic N) is 2. The molecule has 1 aliphatic rings. The van der Waals surface area contributed by atoms with Crippen LogP contribution in [0.2, 0.25) is 0 Å². The lowest BCUT2D eigenvalue weighted by Gasteiger charge is -2.41. The summed E-state index contributed by atoms with van der Waals surface area (Å²) in [5.74, 6) is -1.08. The molecule has 43 heavy (non-hydrogen) atoms. The highest BCUT2D eigenvalue weighted by Crippen LogP contribution is 2.34. The van der Waals surface area contributed by atoms with E-state index >= 15 is 0 Å². The van der Waals surface area contributed by atoms with Crippen LogP contribution in [-0.4, -0.2) is 45.1 Å². The van der Waals surface area contributed by atoms with E-state index in [2.05, 4.69) is 62.4 Å². The van der Waals surface area contributed by atoms with Crippen molar-refractivity contribution in [2.75, 3.05) is 6.54 Å². The molecule has 0 radical (unpaired) electrons. The maximum absolute atomic E-state index is 14.3. The van der Waals surface area contributed by atoms with Gasteiger partial charge in [0.15, 0.2) is 0 Å². The quantitative estimate of drug-likeness (QED) is 0.156. The molecule has 4 aromatic rings. The van der Waals surface area contributed by atoms with Gasteiger partial charge in [0.2, 0.25) is 0 Å². The Balaban J connectivity index is 1.45. The molecule has 0 heterocycles. The fraction of sp³-hybridized carbons (Fsp3) is 0.342. The summed E-state index contributed by atoms with van der Waals surface area (Å²) in [5.41, 5.74) is 8.41. The molecule has 1 saturated carbocycles. The van der Waals surface area contributed by atoms with E-state index in [4.69, 9.17) is 0 Å². The van der Waals surface area contributed by atoms with E-state index in [0.717, 1.165) is 51.3 Å². The average Bonchev–Trinajstić information content (AvgIpc) is 2.99. The minimum absolute atomic E-state index is 0.0671. The van der Waals surface area contributed by atoms with Gasteiger partial charge in [-0.1, -0.05) is 132 Å². The topological polar surface area (TPSA) is 64.0 Å². The van der Waals surface area contributed by atoms with Crippen LogP contribution in [-0.2, 0) is 4.79 Å². The van der Waals surface area contributed by atoms with Crippen LogP contribution in [0, 0.1) is 27.7 Å². The van der Waals surface area contributed by atoms with Crippen LogP contribution in [0.4, 0.5) is 0 Å². The molecule has 1 amide bonds. The van der Waals surface area contributed by atoms with Gasteiger partial charge in [0.25, 0.3) is 5.91 Å². The van der Waals surface area contributed by atoms with E-state index in [1.807, 2.05) is 62.4 Å². The Kier molecular flexibility index (Phi) is 9.76. The maximum Gasteiger partial charge on any atom is 0.258 e. The Morgan fingerprint density at radius 3 is 1.49 bits per heavy atom. The van der Waals surface area contributed by atoms with Crippen LogP contribution >= 0.6 is 0 Å². The maximum atomic E-state index is 14.3. The van der Waals surface area contributed by atoms with Crippen molar-refractivity contribution in [1.82, 2.24) is 10.1 Å². The predicted molar refractivity (Wildman–Crippen MR) is 172 cm³/mol. The highest BCUT2D eigenvalue weighted by molar-refractivity contribution is 5.86. The summed E-state index contributed by atoms with van der Waals surface area (Å²) in [7, 11) is 0. The number of aryl methyl sites for hydroxylation is 4. The highest BCUT2D eigenvalue weighted by atomic mass is 16.5. The van der Waals surface area contributed by atoms with Crippen molar-refractivity contribution in [3.63, 3.8) is 0 Å². The number of carbonyl (C=O) groups is 1. The van der Waals surface area contributed by atoms with Gasteiger partial charge >= 0.3 is 0 Å². The Morgan fingerprint density at radius 1 is 0.651 bits per heavy atom. The Bertz CT molecular complexity index is 1460. The molecule has 2 N–H and O–H groups in total. The first-order chi connectivity index (χ1) is 20.7. The normalized spacial score (nSPS) is 17.0. The van der Waals surface area contributed by atoms with Gasteiger partial charge in [0, 0.05) is 12.5 Å². The van der Waals surface area contributed by atoms with Crippen molar-refractivity contribution >= 4 is 5.91 Å². The molecule has 5 heteroatoms. The molecule has 4 aromatic carbocycles. The van der Waals surface area contributed by atoms with Crippen molar-refractivity contribution in [2.24, 2.45) is 0 Å². The standard InChI is InChI=1S/C38H44N2O3/c1-26-11-7-15-30(21-26)34(31-16-8-12-27(2)22-31)25-39(42)35-19-5-6-20-36(35)40(43)38(41)37(32-17-9-13-28(3)23-32)33-18-10-14-29(4)24-33/h7-18,21-24,34-37,42-43H,5-6,19-20,25H2,1-4H3/t35-,36-/m1/s1. The van der Waals surface area contributed by atoms with Gasteiger partial charge in [-0.15, -0.1) is 0 Å². The van der Waals surface area contributed by atoms with Gasteiger partial charge in [0.05, 0.1) is 18.0 Å². The van der Waals surface area contributed by atoms with E-state index in [0.29, 0.717) is 19.4 Å². The van der Waals surface area contributed by atoms with Crippen LogP contribution < -0.4 is 0 Å². The zero-order valence-corrected chi connectivity index (χ0v) is 25.8. The third kappa shape index (κ3) is 7.24. The lowest BCUT2D eigenvalue weighted by molar-refractivity contribution is -0.211. The summed E-state index contributed by atoms with van der Waals surface area (Å²) >= 11 is 0. The minimum Gasteiger partial charge on any atom is -0.314 e. The molecule has 0 aliphatic heterocycles. The van der Waals surface area contributed by atoms with E-state index < -0.39 is 18.0 Å². The van der Waals surface area contributed by atoms with E-state index in [-0.39, 0.29) is 11.8 Å². The summed E-state index contributed by atoms with van der Waals surface area (Å²) in [5, 5.41) is 25.8. The average molecular weight is 577 g/mol. The molecule has 0 aromatic heterocycles. The second-order valence-electron chi connectivity index (χ2n) is 12.4. The molecule has 1 fully saturated rings. The number of hydroxylamine groups is 4. The molecule has 2 atom stereocenters. The molecular formula is C38H44N2O3. The van der Waals surface area contributed by atoms with Crippen molar-refractivity contribution in [3.8, 4) is 0 Å². The number of hydrogen-bond acceptors (Lipinski definition) is 4. The number of rotatable bonds is 9. The van der Waals surface area contributed by atoms with Crippen molar-refractivity contribution in [3.05, 3.63) is 142 Å². The van der Waals surface area contributed by atoms with Crippen molar-refractivity contribution in [2.45, 2.75) is 77.3 Å². The van der Waals surface area contributed by atoms with Gasteiger partial charge in [0.1, 0.15) is 0 Å². The van der Waals surface area contributed by atoms with E-state index in [1.54, 1.807) is 0 Å². The first-order valence-corrected chi connectivity index (χ1v) is 15.4. The van der Waals surface area contributed by atoms with Crippen molar-refractivity contribution < 1.29 is 15.2 Å². The molecule has 0 spiro atoms. The van der Waals surface area contributed by atoms with Crippen LogP contribution in [0.5, 0.6) is 0 Å². The summed E-state index contributed by atoms with van der Waals surface area (Å²) in [6.45, 7) is 8.54. The number of carbonyl (C=O) groups excluding carboxylic acids is 1. The SMILES string of the molecule is Cc1cccc(C(CN(O)[C@@H]2CCCC[C@H]2N(O)C(=O)C(c2cccc(C)c2)c2cccc(C)c2)c2cccc(C)c2)c1. The lowest BCUT2D eigenvalue weighted by Crippen LogP contribution is -2.54. The Hall–Kier alpha value is -3.77. The Morgan fingerprint density at radius 2 is 1.05 bits per heavy atom. The third-order valence-corrected chi connectivity index (χ3v) is 8.87. The molecule has 1 aliphatic carbocycles. The fourth-order valence-electron chi connectivity index (χ4n) is 6.70. The zero-order valence-electron chi connectivity index (χ0n) is 25.8. The molecule has 5 nitrogen and oxygen atoms in total. The minimum atomic E-state index is -0.646. The van der Waals surface area contributed by atoms with Crippen LogP contribution in [0.3, 0.4) is 0 Å². The molecule has 0 bridgehead atoms. The molecule has 5 rings (SSSR count). The zero-order chi connectivity index (χ0) is 30.5. The summed E-state index contributed by atoms with van der Waals surface area (Å²) in [4.78, 5) is 14.3. The fourth-order valence-corrected chi connectivity index (χ4v) is 6.70. The molecule has 224 valence electrons. The Labute approximate surface area is 256 Å². The smallest absolute Gasteiger partial charge is 0.258 e. The first kappa shape index (κ1) is 30.7. The van der Waals surface area contributed by atoms with Gasteiger partial charge < -0.3 is 5.21 Å². The predicted octanol–water partition coefficient (Wildman–Crippen LogP) is 8.10. The number of amides is 1. The second-order valence-corrected chi connectivity index (χ2v) is 12.4. The monoisotopic (exact) mass is 576 g/mol. The van der Waals surface area contributed by atoms with Crippen LogP contribution in [0.15, 0.2) is 97.1 Å². The van der Waals surface area contributed by atoms with Gasteiger partial charge in [-0.25, -0.2) is 5.06 Å². The van der Waals surface area contributed by atoms with Crippen LogP contribution in [0.1, 0.15) is 82.0 Å². The first-order valence-electron chi connectivity index (χ1n) is 15.4. The van der Waals surface area contributed by atoms with Gasteiger partial charge in [-0.05, 0) is 62.8 Å². The molecule has 0 saturated heterocycles. The molecule has 0 unspecified atom stereocenters. The summed E-state index contributed by atoms with van der Waals surface area (Å²) in [6.07, 6.45) is 3.13. The highest BCUT2D eigenvalue weighted by Gasteiger charge is 2.39. The summed E-state index contributed by atoms with van der Waals surface area (Å²) < 4.78 is 0. The summed E-state index contributed by atoms with van der Waals surface area (Å²) in [6, 6.07) is 31.8. The molecular weight excluding hydrogens is 532 g/mol. The lowest BCUT2D eigenvalue weighted by atomic mass is 9.85.